The largest absolute Gasteiger partial charge is 0.375 e. The summed E-state index contributed by atoms with van der Waals surface area (Å²) in [5, 5.41) is 0. The number of nitrogens with zero attached hydrogens (tertiary/aromatic N) is 4. The molecule has 1 aromatic heterocycles. The Bertz CT molecular complexity index is 839. The molecule has 28 heavy (non-hydrogen) atoms. The fourth-order valence-corrected chi connectivity index (χ4v) is 4.74. The Balaban J connectivity index is 1.53. The van der Waals surface area contributed by atoms with E-state index in [0.717, 1.165) is 37.4 Å². The van der Waals surface area contributed by atoms with E-state index in [2.05, 4.69) is 27.6 Å². The number of methoxy groups -OCH3 is 1. The van der Waals surface area contributed by atoms with Gasteiger partial charge in [0.2, 0.25) is 5.91 Å². The number of rotatable bonds is 6. The number of ether oxygens (including phenoxy) is 1. The average Bonchev–Trinajstić information content (AvgIpc) is 3.36. The Labute approximate surface area is 164 Å². The first kappa shape index (κ1) is 19.1. The first-order valence-electron chi connectivity index (χ1n) is 9.86. The van der Waals surface area contributed by atoms with Gasteiger partial charge in [0.15, 0.2) is 0 Å². The molecule has 3 heterocycles. The number of aromatic nitrogens is 2. The third-order valence-electron chi connectivity index (χ3n) is 5.96. The molecule has 0 radical (unpaired) electrons. The minimum Gasteiger partial charge on any atom is -0.375 e. The number of hydrogen-bond donors (Lipinski definition) is 0. The van der Waals surface area contributed by atoms with Gasteiger partial charge in [0, 0.05) is 51.9 Å². The number of fused-ring (bicyclic) bond motifs is 1. The number of imidazole rings is 1. The van der Waals surface area contributed by atoms with Crippen LogP contribution < -0.4 is 0 Å². The Morgan fingerprint density at radius 2 is 2.18 bits per heavy atom. The lowest BCUT2D eigenvalue weighted by Gasteiger charge is -2.29. The van der Waals surface area contributed by atoms with Gasteiger partial charge in [0.25, 0.3) is 0 Å². The average molecular weight is 386 g/mol. The van der Waals surface area contributed by atoms with Crippen molar-refractivity contribution in [3.8, 4) is 0 Å². The molecule has 2 aromatic rings. The first-order valence-corrected chi connectivity index (χ1v) is 9.86. The summed E-state index contributed by atoms with van der Waals surface area (Å²) < 4.78 is 21.0. The topological polar surface area (TPSA) is 50.6 Å². The van der Waals surface area contributed by atoms with Gasteiger partial charge in [-0.2, -0.15) is 0 Å². The molecule has 4 rings (SSSR count). The number of halogens is 1. The van der Waals surface area contributed by atoms with Gasteiger partial charge in [-0.05, 0) is 30.5 Å². The smallest absolute Gasteiger partial charge is 0.249 e. The second kappa shape index (κ2) is 8.01. The Morgan fingerprint density at radius 3 is 2.89 bits per heavy atom. The maximum atomic E-state index is 13.9. The normalized spacial score (nSPS) is 24.7. The van der Waals surface area contributed by atoms with Crippen LogP contribution in [-0.4, -0.2) is 58.6 Å². The molecule has 0 N–H and O–H groups in total. The molecular formula is C21H27FN4O2. The second-order valence-electron chi connectivity index (χ2n) is 7.79. The fourth-order valence-electron chi connectivity index (χ4n) is 4.74. The van der Waals surface area contributed by atoms with Gasteiger partial charge < -0.3 is 14.2 Å². The number of likely N-dealkylation sites (tertiary alicyclic amines) is 2. The van der Waals surface area contributed by atoms with Crippen LogP contribution in [0, 0.1) is 17.7 Å². The van der Waals surface area contributed by atoms with Crippen LogP contribution in [-0.2, 0) is 22.6 Å². The quantitative estimate of drug-likeness (QED) is 0.765. The highest BCUT2D eigenvalue weighted by molar-refractivity contribution is 5.78. The highest BCUT2D eigenvalue weighted by atomic mass is 19.1. The number of carbonyl (C=O) groups excluding carboxylic acids is 1. The molecule has 1 amide bonds. The van der Waals surface area contributed by atoms with Crippen molar-refractivity contribution >= 4 is 5.91 Å². The lowest BCUT2D eigenvalue weighted by molar-refractivity contribution is -0.136. The predicted octanol–water partition coefficient (Wildman–Crippen LogP) is 2.32. The molecule has 2 aliphatic rings. The molecule has 150 valence electrons. The third kappa shape index (κ3) is 3.69. The maximum Gasteiger partial charge on any atom is 0.249 e. The monoisotopic (exact) mass is 386 g/mol. The minimum atomic E-state index is -0.264. The van der Waals surface area contributed by atoms with E-state index in [9.17, 15) is 9.18 Å². The fraction of sp³-hybridized carbons (Fsp3) is 0.524. The highest BCUT2D eigenvalue weighted by Gasteiger charge is 2.49. The van der Waals surface area contributed by atoms with Crippen LogP contribution in [0.15, 0.2) is 36.8 Å². The van der Waals surface area contributed by atoms with Crippen molar-refractivity contribution in [2.24, 2.45) is 11.8 Å². The zero-order valence-electron chi connectivity index (χ0n) is 16.4. The molecule has 0 bridgehead atoms. The van der Waals surface area contributed by atoms with Crippen LogP contribution in [0.4, 0.5) is 4.39 Å². The van der Waals surface area contributed by atoms with Crippen LogP contribution in [0.3, 0.4) is 0 Å². The molecular weight excluding hydrogens is 359 g/mol. The highest BCUT2D eigenvalue weighted by Crippen LogP contribution is 2.45. The summed E-state index contributed by atoms with van der Waals surface area (Å²) in [4.78, 5) is 21.4. The van der Waals surface area contributed by atoms with E-state index >= 15 is 0 Å². The minimum absolute atomic E-state index is 0.0283. The number of amides is 1. The van der Waals surface area contributed by atoms with E-state index in [1.165, 1.54) is 13.2 Å². The second-order valence-corrected chi connectivity index (χ2v) is 7.79. The summed E-state index contributed by atoms with van der Waals surface area (Å²) in [7, 11) is 1.53. The lowest BCUT2D eigenvalue weighted by Crippen LogP contribution is -2.37. The third-order valence-corrected chi connectivity index (χ3v) is 5.96. The van der Waals surface area contributed by atoms with E-state index in [4.69, 9.17) is 4.74 Å². The number of carbonyl (C=O) groups is 1. The van der Waals surface area contributed by atoms with Crippen molar-refractivity contribution in [3.63, 3.8) is 0 Å². The van der Waals surface area contributed by atoms with Gasteiger partial charge in [-0.3, -0.25) is 9.69 Å². The van der Waals surface area contributed by atoms with E-state index in [0.29, 0.717) is 12.5 Å². The molecule has 0 saturated carbocycles. The van der Waals surface area contributed by atoms with E-state index in [1.54, 1.807) is 12.1 Å². The van der Waals surface area contributed by atoms with Crippen molar-refractivity contribution in [1.29, 1.82) is 0 Å². The van der Waals surface area contributed by atoms with Crippen LogP contribution in [0.2, 0.25) is 0 Å². The number of benzene rings is 1. The molecule has 1 aromatic carbocycles. The summed E-state index contributed by atoms with van der Waals surface area (Å²) in [5.41, 5.74) is 1.94. The zero-order valence-corrected chi connectivity index (χ0v) is 16.4. The predicted molar refractivity (Wildman–Crippen MR) is 103 cm³/mol. The molecule has 2 saturated heterocycles. The van der Waals surface area contributed by atoms with Crippen LogP contribution in [0.1, 0.15) is 24.2 Å². The summed E-state index contributed by atoms with van der Waals surface area (Å²) in [6.45, 7) is 6.37. The van der Waals surface area contributed by atoms with Crippen molar-refractivity contribution in [2.75, 3.05) is 33.4 Å². The summed E-state index contributed by atoms with van der Waals surface area (Å²) in [6.07, 6.45) is 3.96. The maximum absolute atomic E-state index is 13.9. The van der Waals surface area contributed by atoms with Gasteiger partial charge >= 0.3 is 0 Å². The summed E-state index contributed by atoms with van der Waals surface area (Å²) in [5.74, 6) is 0.373. The van der Waals surface area contributed by atoms with Crippen LogP contribution in [0.5, 0.6) is 0 Å². The molecule has 2 fully saturated rings. The van der Waals surface area contributed by atoms with Crippen LogP contribution >= 0.6 is 0 Å². The number of aryl methyl sites for hydroxylation is 1. The SMILES string of the molecule is CCn1cnc(CN2C[C@@H]3CN(C(=O)COC)[C@@H](c4cccc(F)c4)[C@@H]3C2)c1. The first-order chi connectivity index (χ1) is 13.6. The van der Waals surface area contributed by atoms with Gasteiger partial charge in [0.05, 0.1) is 18.1 Å². The van der Waals surface area contributed by atoms with Gasteiger partial charge in [-0.1, -0.05) is 12.1 Å². The molecule has 0 spiro atoms. The molecule has 6 nitrogen and oxygen atoms in total. The molecule has 0 unspecified atom stereocenters. The van der Waals surface area contributed by atoms with Crippen molar-refractivity contribution in [1.82, 2.24) is 19.4 Å². The summed E-state index contributed by atoms with van der Waals surface area (Å²) >= 11 is 0. The molecule has 2 aliphatic heterocycles. The van der Waals surface area contributed by atoms with Crippen molar-refractivity contribution in [3.05, 3.63) is 53.9 Å². The Hall–Kier alpha value is -2.25. The van der Waals surface area contributed by atoms with E-state index < -0.39 is 0 Å². The van der Waals surface area contributed by atoms with Gasteiger partial charge in [0.1, 0.15) is 12.4 Å². The molecule has 7 heteroatoms. The lowest BCUT2D eigenvalue weighted by atomic mass is 9.89. The van der Waals surface area contributed by atoms with Crippen molar-refractivity contribution < 1.29 is 13.9 Å². The van der Waals surface area contributed by atoms with Crippen LogP contribution in [0.25, 0.3) is 0 Å². The Morgan fingerprint density at radius 1 is 1.32 bits per heavy atom. The standard InChI is InChI=1S/C21H27FN4O2/c1-3-24-10-18(23-14-24)11-25-8-16-9-26(20(27)13-28-2)21(19(16)12-25)15-5-4-6-17(22)7-15/h4-7,10,14,16,19,21H,3,8-9,11-13H2,1-2H3/t16-,19-,21+/m1/s1. The Kier molecular flexibility index (Phi) is 5.46. The van der Waals surface area contributed by atoms with Gasteiger partial charge in [-0.15, -0.1) is 0 Å². The van der Waals surface area contributed by atoms with E-state index in [1.807, 2.05) is 17.3 Å². The van der Waals surface area contributed by atoms with E-state index in [-0.39, 0.29) is 30.3 Å². The summed E-state index contributed by atoms with van der Waals surface area (Å²) in [6, 6.07) is 6.55. The molecule has 3 atom stereocenters. The zero-order chi connectivity index (χ0) is 19.7. The number of hydrogen-bond acceptors (Lipinski definition) is 4. The van der Waals surface area contributed by atoms with Gasteiger partial charge in [-0.25, -0.2) is 9.37 Å². The van der Waals surface area contributed by atoms with Crippen molar-refractivity contribution in [2.45, 2.75) is 26.1 Å². The molecule has 0 aliphatic carbocycles.